The van der Waals surface area contributed by atoms with Crippen molar-refractivity contribution in [2.75, 3.05) is 32.2 Å². The van der Waals surface area contributed by atoms with Crippen LogP contribution < -0.4 is 10.1 Å². The molecule has 0 saturated carbocycles. The number of hydrogen-bond donors (Lipinski definition) is 3. The summed E-state index contributed by atoms with van der Waals surface area (Å²) in [6.45, 7) is -0.239. The summed E-state index contributed by atoms with van der Waals surface area (Å²) in [5.74, 6) is 0.442. The van der Waals surface area contributed by atoms with Crippen molar-refractivity contribution in [2.24, 2.45) is 0 Å². The minimum Gasteiger partial charge on any atom is -0.491 e. The van der Waals surface area contributed by atoms with Crippen molar-refractivity contribution in [3.8, 4) is 11.8 Å². The number of methoxy groups -OCH3 is 1. The van der Waals surface area contributed by atoms with Gasteiger partial charge in [0.05, 0.1) is 18.2 Å². The van der Waals surface area contributed by atoms with E-state index in [1.807, 2.05) is 6.07 Å². The van der Waals surface area contributed by atoms with Crippen LogP contribution in [0.25, 0.3) is 0 Å². The van der Waals surface area contributed by atoms with Gasteiger partial charge in [0.15, 0.2) is 6.10 Å². The second kappa shape index (κ2) is 11.7. The average Bonchev–Trinajstić information content (AvgIpc) is 2.75. The number of aliphatic hydroxyl groups excluding tert-OH is 2. The minimum atomic E-state index is -0.861. The van der Waals surface area contributed by atoms with Crippen LogP contribution in [0.3, 0.4) is 0 Å². The molecule has 0 fully saturated rings. The Kier molecular flexibility index (Phi) is 8.92. The third-order valence-corrected chi connectivity index (χ3v) is 4.12. The molecular formula is C21H24N2O6. The van der Waals surface area contributed by atoms with Crippen LogP contribution in [0.15, 0.2) is 48.5 Å². The SMILES string of the molecule is CO[C@H](CCO)[C@H](OC(=O)Nc1ccc(C#N)cc1)c1ccccc1OCCO. The molecule has 2 atom stereocenters. The van der Waals surface area contributed by atoms with E-state index >= 15 is 0 Å². The molecule has 8 heteroatoms. The fraction of sp³-hybridized carbons (Fsp3) is 0.333. The lowest BCUT2D eigenvalue weighted by Crippen LogP contribution is -2.29. The van der Waals surface area contributed by atoms with Gasteiger partial charge in [0, 0.05) is 31.4 Å². The molecule has 0 saturated heterocycles. The number of nitriles is 1. The lowest BCUT2D eigenvalue weighted by molar-refractivity contribution is -0.0316. The number of ether oxygens (including phenoxy) is 3. The third-order valence-electron chi connectivity index (χ3n) is 4.12. The second-order valence-electron chi connectivity index (χ2n) is 6.04. The smallest absolute Gasteiger partial charge is 0.412 e. The molecule has 0 radical (unpaired) electrons. The maximum absolute atomic E-state index is 12.5. The molecule has 0 spiro atoms. The molecule has 0 heterocycles. The summed E-state index contributed by atoms with van der Waals surface area (Å²) in [7, 11) is 1.46. The van der Waals surface area contributed by atoms with E-state index in [-0.39, 0.29) is 26.2 Å². The number of carbonyl (C=O) groups excluding carboxylic acids is 1. The number of nitrogens with one attached hydrogen (secondary N) is 1. The maximum atomic E-state index is 12.5. The van der Waals surface area contributed by atoms with Crippen LogP contribution >= 0.6 is 0 Å². The van der Waals surface area contributed by atoms with Crippen molar-refractivity contribution in [1.82, 2.24) is 0 Å². The van der Waals surface area contributed by atoms with Gasteiger partial charge in [0.25, 0.3) is 0 Å². The molecule has 8 nitrogen and oxygen atoms in total. The van der Waals surface area contributed by atoms with E-state index in [9.17, 15) is 9.90 Å². The molecule has 2 rings (SSSR count). The van der Waals surface area contributed by atoms with Gasteiger partial charge in [-0.25, -0.2) is 4.79 Å². The first-order chi connectivity index (χ1) is 14.1. The van der Waals surface area contributed by atoms with Gasteiger partial charge in [-0.05, 0) is 30.3 Å². The first-order valence-corrected chi connectivity index (χ1v) is 9.07. The Labute approximate surface area is 169 Å². The zero-order valence-corrected chi connectivity index (χ0v) is 16.1. The molecule has 2 aromatic rings. The molecule has 0 bridgehead atoms. The molecule has 0 aliphatic rings. The number of anilines is 1. The first-order valence-electron chi connectivity index (χ1n) is 9.07. The molecule has 0 aliphatic heterocycles. The summed E-state index contributed by atoms with van der Waals surface area (Å²) in [4.78, 5) is 12.5. The first kappa shape index (κ1) is 22.2. The number of amides is 1. The molecule has 29 heavy (non-hydrogen) atoms. The number of rotatable bonds is 10. The average molecular weight is 400 g/mol. The van der Waals surface area contributed by atoms with E-state index in [0.29, 0.717) is 22.6 Å². The fourth-order valence-electron chi connectivity index (χ4n) is 2.75. The van der Waals surface area contributed by atoms with Gasteiger partial charge in [0.1, 0.15) is 18.5 Å². The number of nitrogens with zero attached hydrogens (tertiary/aromatic N) is 1. The highest BCUT2D eigenvalue weighted by Crippen LogP contribution is 2.33. The van der Waals surface area contributed by atoms with Crippen LogP contribution in [0.5, 0.6) is 5.75 Å². The van der Waals surface area contributed by atoms with Gasteiger partial charge < -0.3 is 24.4 Å². The summed E-state index contributed by atoms with van der Waals surface area (Å²) >= 11 is 0. The highest BCUT2D eigenvalue weighted by Gasteiger charge is 2.29. The molecule has 0 unspecified atom stereocenters. The highest BCUT2D eigenvalue weighted by molar-refractivity contribution is 5.84. The zero-order valence-electron chi connectivity index (χ0n) is 16.1. The summed E-state index contributed by atoms with van der Waals surface area (Å²) < 4.78 is 16.6. The van der Waals surface area contributed by atoms with Crippen LogP contribution in [0, 0.1) is 11.3 Å². The van der Waals surface area contributed by atoms with Crippen molar-refractivity contribution in [3.63, 3.8) is 0 Å². The van der Waals surface area contributed by atoms with Crippen molar-refractivity contribution in [2.45, 2.75) is 18.6 Å². The van der Waals surface area contributed by atoms with E-state index in [4.69, 9.17) is 24.6 Å². The molecular weight excluding hydrogens is 376 g/mol. The van der Waals surface area contributed by atoms with E-state index in [0.717, 1.165) is 0 Å². The zero-order chi connectivity index (χ0) is 21.1. The second-order valence-corrected chi connectivity index (χ2v) is 6.04. The minimum absolute atomic E-state index is 0.0822. The van der Waals surface area contributed by atoms with Gasteiger partial charge in [-0.15, -0.1) is 0 Å². The summed E-state index contributed by atoms with van der Waals surface area (Å²) in [5, 5.41) is 29.9. The lowest BCUT2D eigenvalue weighted by atomic mass is 10.0. The molecule has 1 amide bonds. The van der Waals surface area contributed by atoms with Crippen LogP contribution in [-0.4, -0.2) is 49.3 Å². The predicted molar refractivity (Wildman–Crippen MR) is 106 cm³/mol. The molecule has 0 aromatic heterocycles. The lowest BCUT2D eigenvalue weighted by Gasteiger charge is -2.27. The number of benzene rings is 2. The number of aliphatic hydroxyl groups is 2. The third kappa shape index (κ3) is 6.47. The summed E-state index contributed by atoms with van der Waals surface area (Å²) in [6, 6.07) is 15.3. The standard InChI is InChI=1S/C21H24N2O6/c1-27-19(10-11-24)20(17-4-2-3-5-18(17)28-13-12-25)29-21(26)23-16-8-6-15(14-22)7-9-16/h2-9,19-20,24-25H,10-13H2,1H3,(H,23,26)/t19-,20-/m1/s1. The van der Waals surface area contributed by atoms with Crippen LogP contribution in [0.4, 0.5) is 10.5 Å². The fourth-order valence-corrected chi connectivity index (χ4v) is 2.75. The Balaban J connectivity index is 2.24. The van der Waals surface area contributed by atoms with Gasteiger partial charge >= 0.3 is 6.09 Å². The van der Waals surface area contributed by atoms with E-state index in [2.05, 4.69) is 5.32 Å². The Morgan fingerprint density at radius 2 is 1.86 bits per heavy atom. The van der Waals surface area contributed by atoms with E-state index < -0.39 is 18.3 Å². The monoisotopic (exact) mass is 400 g/mol. The van der Waals surface area contributed by atoms with Gasteiger partial charge in [-0.1, -0.05) is 18.2 Å². The Hall–Kier alpha value is -3.12. The maximum Gasteiger partial charge on any atom is 0.412 e. The highest BCUT2D eigenvalue weighted by atomic mass is 16.6. The number of carbonyl (C=O) groups is 1. The Bertz CT molecular complexity index is 819. The number of para-hydroxylation sites is 1. The van der Waals surface area contributed by atoms with E-state index in [1.165, 1.54) is 7.11 Å². The Morgan fingerprint density at radius 3 is 2.48 bits per heavy atom. The topological polar surface area (TPSA) is 121 Å². The quantitative estimate of drug-likeness (QED) is 0.560. The van der Waals surface area contributed by atoms with Gasteiger partial charge in [-0.2, -0.15) is 5.26 Å². The molecule has 0 aliphatic carbocycles. The molecule has 2 aromatic carbocycles. The van der Waals surface area contributed by atoms with Gasteiger partial charge in [-0.3, -0.25) is 5.32 Å². The van der Waals surface area contributed by atoms with E-state index in [1.54, 1.807) is 48.5 Å². The largest absolute Gasteiger partial charge is 0.491 e. The number of hydrogen-bond acceptors (Lipinski definition) is 7. The molecule has 154 valence electrons. The predicted octanol–water partition coefficient (Wildman–Crippen LogP) is 2.62. The van der Waals surface area contributed by atoms with Crippen molar-refractivity contribution >= 4 is 11.8 Å². The Morgan fingerprint density at radius 1 is 1.14 bits per heavy atom. The van der Waals surface area contributed by atoms with Crippen molar-refractivity contribution in [3.05, 3.63) is 59.7 Å². The van der Waals surface area contributed by atoms with Crippen LogP contribution in [-0.2, 0) is 9.47 Å². The van der Waals surface area contributed by atoms with Crippen LogP contribution in [0.2, 0.25) is 0 Å². The van der Waals surface area contributed by atoms with Crippen molar-refractivity contribution < 1.29 is 29.2 Å². The van der Waals surface area contributed by atoms with Crippen molar-refractivity contribution in [1.29, 1.82) is 5.26 Å². The normalized spacial score (nSPS) is 12.5. The molecule has 3 N–H and O–H groups in total. The summed E-state index contributed by atoms with van der Waals surface area (Å²) in [5.41, 5.74) is 1.49. The van der Waals surface area contributed by atoms with Gasteiger partial charge in [0.2, 0.25) is 0 Å². The summed E-state index contributed by atoms with van der Waals surface area (Å²) in [6.07, 6.45) is -1.97. The van der Waals surface area contributed by atoms with Crippen LogP contribution in [0.1, 0.15) is 23.7 Å².